The van der Waals surface area contributed by atoms with Gasteiger partial charge in [-0.1, -0.05) is 27.2 Å². The number of nitrogens with zero attached hydrogens (tertiary/aromatic N) is 1. The van der Waals surface area contributed by atoms with Crippen LogP contribution in [0.4, 0.5) is 0 Å². The molecule has 2 nitrogen and oxygen atoms in total. The lowest BCUT2D eigenvalue weighted by molar-refractivity contribution is 0.293. The SMILES string of the molecule is CCNC(C)CCCCN(CC)CC. The van der Waals surface area contributed by atoms with Crippen molar-refractivity contribution in [3.63, 3.8) is 0 Å². The molecule has 0 radical (unpaired) electrons. The monoisotopic (exact) mass is 200 g/mol. The molecule has 0 spiro atoms. The highest BCUT2D eigenvalue weighted by molar-refractivity contribution is 4.60. The molecule has 0 bridgehead atoms. The minimum atomic E-state index is 0.691. The van der Waals surface area contributed by atoms with E-state index in [0.717, 1.165) is 6.54 Å². The lowest BCUT2D eigenvalue weighted by Gasteiger charge is -2.18. The zero-order chi connectivity index (χ0) is 10.8. The minimum absolute atomic E-state index is 0.691. The summed E-state index contributed by atoms with van der Waals surface area (Å²) in [5.41, 5.74) is 0. The number of unbranched alkanes of at least 4 members (excludes halogenated alkanes) is 1. The van der Waals surface area contributed by atoms with Crippen molar-refractivity contribution in [1.82, 2.24) is 10.2 Å². The van der Waals surface area contributed by atoms with Gasteiger partial charge in [0.1, 0.15) is 0 Å². The molecular weight excluding hydrogens is 172 g/mol. The van der Waals surface area contributed by atoms with Gasteiger partial charge in [-0.05, 0) is 45.9 Å². The van der Waals surface area contributed by atoms with Gasteiger partial charge in [-0.3, -0.25) is 0 Å². The Kier molecular flexibility index (Phi) is 9.42. The fourth-order valence-electron chi connectivity index (χ4n) is 1.78. The van der Waals surface area contributed by atoms with Gasteiger partial charge in [-0.15, -0.1) is 0 Å². The first-order valence-corrected chi connectivity index (χ1v) is 6.20. The van der Waals surface area contributed by atoms with E-state index < -0.39 is 0 Å². The van der Waals surface area contributed by atoms with Gasteiger partial charge in [0, 0.05) is 6.04 Å². The molecule has 14 heavy (non-hydrogen) atoms. The molecule has 0 aliphatic heterocycles. The van der Waals surface area contributed by atoms with Crippen LogP contribution < -0.4 is 5.32 Å². The quantitative estimate of drug-likeness (QED) is 0.575. The summed E-state index contributed by atoms with van der Waals surface area (Å²) in [6.45, 7) is 13.7. The van der Waals surface area contributed by atoms with E-state index in [-0.39, 0.29) is 0 Å². The van der Waals surface area contributed by atoms with Crippen molar-refractivity contribution >= 4 is 0 Å². The Morgan fingerprint density at radius 3 is 2.21 bits per heavy atom. The second-order valence-electron chi connectivity index (χ2n) is 3.98. The van der Waals surface area contributed by atoms with Crippen LogP contribution in [0.1, 0.15) is 47.0 Å². The summed E-state index contributed by atoms with van der Waals surface area (Å²) in [7, 11) is 0. The lowest BCUT2D eigenvalue weighted by atomic mass is 10.1. The smallest absolute Gasteiger partial charge is 0.00386 e. The van der Waals surface area contributed by atoms with Crippen LogP contribution in [0.15, 0.2) is 0 Å². The van der Waals surface area contributed by atoms with Gasteiger partial charge >= 0.3 is 0 Å². The van der Waals surface area contributed by atoms with E-state index in [1.165, 1.54) is 38.9 Å². The Hall–Kier alpha value is -0.0800. The van der Waals surface area contributed by atoms with E-state index in [4.69, 9.17) is 0 Å². The maximum atomic E-state index is 3.45. The second-order valence-corrected chi connectivity index (χ2v) is 3.98. The highest BCUT2D eigenvalue weighted by atomic mass is 15.1. The van der Waals surface area contributed by atoms with Crippen molar-refractivity contribution in [2.75, 3.05) is 26.2 Å². The highest BCUT2D eigenvalue weighted by Crippen LogP contribution is 2.02. The summed E-state index contributed by atoms with van der Waals surface area (Å²) in [6.07, 6.45) is 4.01. The minimum Gasteiger partial charge on any atom is -0.315 e. The van der Waals surface area contributed by atoms with Crippen LogP contribution in [0.3, 0.4) is 0 Å². The van der Waals surface area contributed by atoms with Gasteiger partial charge in [-0.25, -0.2) is 0 Å². The summed E-state index contributed by atoms with van der Waals surface area (Å²) in [5, 5.41) is 3.45. The van der Waals surface area contributed by atoms with Crippen LogP contribution in [-0.2, 0) is 0 Å². The summed E-state index contributed by atoms with van der Waals surface area (Å²) in [4.78, 5) is 2.50. The van der Waals surface area contributed by atoms with E-state index in [0.29, 0.717) is 6.04 Å². The Morgan fingerprint density at radius 2 is 1.71 bits per heavy atom. The third-order valence-corrected chi connectivity index (χ3v) is 2.81. The van der Waals surface area contributed by atoms with Crippen molar-refractivity contribution in [1.29, 1.82) is 0 Å². The molecule has 0 aromatic carbocycles. The number of rotatable bonds is 9. The predicted molar refractivity (Wildman–Crippen MR) is 64.8 cm³/mol. The Labute approximate surface area is 90.1 Å². The number of hydrogen-bond acceptors (Lipinski definition) is 2. The molecule has 0 heterocycles. The lowest BCUT2D eigenvalue weighted by Crippen LogP contribution is -2.26. The molecule has 0 aliphatic carbocycles. The van der Waals surface area contributed by atoms with Crippen LogP contribution >= 0.6 is 0 Å². The van der Waals surface area contributed by atoms with E-state index in [1.54, 1.807) is 0 Å². The molecule has 0 aromatic heterocycles. The predicted octanol–water partition coefficient (Wildman–Crippen LogP) is 2.50. The number of hydrogen-bond donors (Lipinski definition) is 1. The van der Waals surface area contributed by atoms with Gasteiger partial charge in [0.2, 0.25) is 0 Å². The van der Waals surface area contributed by atoms with Gasteiger partial charge in [-0.2, -0.15) is 0 Å². The first kappa shape index (κ1) is 13.9. The third-order valence-electron chi connectivity index (χ3n) is 2.81. The maximum absolute atomic E-state index is 3.45. The fraction of sp³-hybridized carbons (Fsp3) is 1.00. The topological polar surface area (TPSA) is 15.3 Å². The normalized spacial score (nSPS) is 13.5. The molecule has 0 fully saturated rings. The molecule has 0 aliphatic rings. The molecule has 2 heteroatoms. The molecule has 86 valence electrons. The van der Waals surface area contributed by atoms with Gasteiger partial charge < -0.3 is 10.2 Å². The molecule has 1 unspecified atom stereocenters. The highest BCUT2D eigenvalue weighted by Gasteiger charge is 2.01. The zero-order valence-electron chi connectivity index (χ0n) is 10.5. The van der Waals surface area contributed by atoms with Crippen LogP contribution in [0.5, 0.6) is 0 Å². The summed E-state index contributed by atoms with van der Waals surface area (Å²) in [6, 6.07) is 0.691. The summed E-state index contributed by atoms with van der Waals surface area (Å²) < 4.78 is 0. The average Bonchev–Trinajstić information content (AvgIpc) is 2.19. The molecule has 0 amide bonds. The molecule has 1 N–H and O–H groups in total. The van der Waals surface area contributed by atoms with Gasteiger partial charge in [0.05, 0.1) is 0 Å². The summed E-state index contributed by atoms with van der Waals surface area (Å²) in [5.74, 6) is 0. The van der Waals surface area contributed by atoms with Crippen LogP contribution in [-0.4, -0.2) is 37.1 Å². The third kappa shape index (κ3) is 7.34. The Balaban J connectivity index is 3.27. The van der Waals surface area contributed by atoms with E-state index in [9.17, 15) is 0 Å². The standard InChI is InChI=1S/C12H28N2/c1-5-13-12(4)10-8-9-11-14(6-2)7-3/h12-13H,5-11H2,1-4H3. The van der Waals surface area contributed by atoms with Crippen LogP contribution in [0.25, 0.3) is 0 Å². The van der Waals surface area contributed by atoms with Crippen molar-refractivity contribution in [2.24, 2.45) is 0 Å². The molecular formula is C12H28N2. The van der Waals surface area contributed by atoms with Crippen LogP contribution in [0.2, 0.25) is 0 Å². The van der Waals surface area contributed by atoms with Crippen LogP contribution in [0, 0.1) is 0 Å². The average molecular weight is 200 g/mol. The summed E-state index contributed by atoms with van der Waals surface area (Å²) >= 11 is 0. The second kappa shape index (κ2) is 9.47. The molecule has 0 saturated heterocycles. The Morgan fingerprint density at radius 1 is 1.07 bits per heavy atom. The van der Waals surface area contributed by atoms with Gasteiger partial charge in [0.15, 0.2) is 0 Å². The molecule has 1 atom stereocenters. The molecule has 0 rings (SSSR count). The van der Waals surface area contributed by atoms with Gasteiger partial charge in [0.25, 0.3) is 0 Å². The first-order valence-electron chi connectivity index (χ1n) is 6.20. The first-order chi connectivity index (χ1) is 6.74. The maximum Gasteiger partial charge on any atom is 0.00386 e. The zero-order valence-corrected chi connectivity index (χ0v) is 10.5. The Bertz CT molecular complexity index is 111. The number of nitrogens with one attached hydrogen (secondary N) is 1. The van der Waals surface area contributed by atoms with Crippen molar-refractivity contribution in [2.45, 2.75) is 53.0 Å². The fourth-order valence-corrected chi connectivity index (χ4v) is 1.78. The van der Waals surface area contributed by atoms with E-state index in [1.807, 2.05) is 0 Å². The van der Waals surface area contributed by atoms with Crippen molar-refractivity contribution in [3.8, 4) is 0 Å². The van der Waals surface area contributed by atoms with Crippen molar-refractivity contribution < 1.29 is 0 Å². The molecule has 0 aromatic rings. The largest absolute Gasteiger partial charge is 0.315 e. The van der Waals surface area contributed by atoms with E-state index in [2.05, 4.69) is 37.9 Å². The van der Waals surface area contributed by atoms with Crippen molar-refractivity contribution in [3.05, 3.63) is 0 Å². The molecule has 0 saturated carbocycles. The van der Waals surface area contributed by atoms with E-state index >= 15 is 0 Å².